The molecule has 18 heavy (non-hydrogen) atoms. The van der Waals surface area contributed by atoms with Crippen LogP contribution in [0.5, 0.6) is 5.75 Å². The zero-order chi connectivity index (χ0) is 13.6. The van der Waals surface area contributed by atoms with Gasteiger partial charge in [-0.3, -0.25) is 4.90 Å². The van der Waals surface area contributed by atoms with E-state index in [2.05, 4.69) is 0 Å². The Labute approximate surface area is 105 Å². The van der Waals surface area contributed by atoms with Crippen LogP contribution in [0.4, 0.5) is 13.2 Å². The topological polar surface area (TPSA) is 12.5 Å². The highest BCUT2D eigenvalue weighted by atomic mass is 19.4. The zero-order valence-corrected chi connectivity index (χ0v) is 10.6. The molecule has 0 amide bonds. The summed E-state index contributed by atoms with van der Waals surface area (Å²) in [5.74, 6) is 0.782. The molecule has 1 aromatic carbocycles. The molecule has 0 aliphatic heterocycles. The lowest BCUT2D eigenvalue weighted by molar-refractivity contribution is -0.142. The van der Waals surface area contributed by atoms with Gasteiger partial charge in [0, 0.05) is 6.54 Å². The Morgan fingerprint density at radius 3 is 2.28 bits per heavy atom. The van der Waals surface area contributed by atoms with Gasteiger partial charge in [0.1, 0.15) is 5.75 Å². The van der Waals surface area contributed by atoms with Gasteiger partial charge in [-0.05, 0) is 38.1 Å². The lowest BCUT2D eigenvalue weighted by Gasteiger charge is -2.18. The molecule has 1 rings (SSSR count). The Kier molecular flexibility index (Phi) is 5.47. The molecule has 0 aliphatic carbocycles. The van der Waals surface area contributed by atoms with Crippen LogP contribution in [-0.4, -0.2) is 37.8 Å². The van der Waals surface area contributed by atoms with Crippen LogP contribution in [0.2, 0.25) is 0 Å². The van der Waals surface area contributed by atoms with E-state index in [4.69, 9.17) is 4.74 Å². The van der Waals surface area contributed by atoms with Gasteiger partial charge in [-0.1, -0.05) is 12.1 Å². The number of ether oxygens (including phenoxy) is 1. The second-order valence-corrected chi connectivity index (χ2v) is 4.18. The molecule has 0 fully saturated rings. The van der Waals surface area contributed by atoms with Gasteiger partial charge in [-0.15, -0.1) is 0 Å². The molecule has 0 radical (unpaired) electrons. The van der Waals surface area contributed by atoms with Crippen LogP contribution in [0.15, 0.2) is 24.3 Å². The molecule has 0 spiro atoms. The molecule has 0 bridgehead atoms. The Balaban J connectivity index is 2.39. The number of hydrogen-bond acceptors (Lipinski definition) is 2. The van der Waals surface area contributed by atoms with Gasteiger partial charge in [-0.2, -0.15) is 13.2 Å². The third kappa shape index (κ3) is 5.91. The summed E-state index contributed by atoms with van der Waals surface area (Å²) in [4.78, 5) is 1.27. The van der Waals surface area contributed by atoms with Crippen molar-refractivity contribution in [1.82, 2.24) is 4.90 Å². The first kappa shape index (κ1) is 14.8. The quantitative estimate of drug-likeness (QED) is 0.780. The highest BCUT2D eigenvalue weighted by Gasteiger charge is 2.28. The van der Waals surface area contributed by atoms with Crippen molar-refractivity contribution in [3.8, 4) is 5.75 Å². The van der Waals surface area contributed by atoms with Crippen LogP contribution in [0.1, 0.15) is 12.5 Å². The van der Waals surface area contributed by atoms with E-state index in [1.165, 1.54) is 11.9 Å². The van der Waals surface area contributed by atoms with Gasteiger partial charge < -0.3 is 4.74 Å². The number of halogens is 3. The van der Waals surface area contributed by atoms with Gasteiger partial charge in [0.15, 0.2) is 0 Å². The highest BCUT2D eigenvalue weighted by molar-refractivity contribution is 5.27. The molecule has 0 heterocycles. The summed E-state index contributed by atoms with van der Waals surface area (Å²) in [5.41, 5.74) is 1.01. The molecular formula is C13H18F3NO. The van der Waals surface area contributed by atoms with Crippen LogP contribution < -0.4 is 4.74 Å². The van der Waals surface area contributed by atoms with Crippen molar-refractivity contribution in [3.05, 3.63) is 29.8 Å². The molecule has 0 saturated heterocycles. The molecule has 0 aromatic heterocycles. The second-order valence-electron chi connectivity index (χ2n) is 4.18. The lowest BCUT2D eigenvalue weighted by Crippen LogP contribution is -2.32. The molecule has 0 aliphatic rings. The molecule has 0 unspecified atom stereocenters. The van der Waals surface area contributed by atoms with E-state index in [0.717, 1.165) is 11.3 Å². The lowest BCUT2D eigenvalue weighted by atomic mass is 10.1. The number of likely N-dealkylation sites (N-methyl/N-ethyl adjacent to an activating group) is 1. The molecule has 0 saturated carbocycles. The summed E-state index contributed by atoms with van der Waals surface area (Å²) < 4.78 is 41.6. The average molecular weight is 261 g/mol. The normalized spacial score (nSPS) is 11.9. The van der Waals surface area contributed by atoms with Gasteiger partial charge in [0.25, 0.3) is 0 Å². The van der Waals surface area contributed by atoms with E-state index in [1.807, 2.05) is 31.2 Å². The first-order valence-electron chi connectivity index (χ1n) is 5.87. The van der Waals surface area contributed by atoms with Crippen LogP contribution >= 0.6 is 0 Å². The maximum Gasteiger partial charge on any atom is 0.401 e. The third-order valence-corrected chi connectivity index (χ3v) is 2.47. The van der Waals surface area contributed by atoms with Crippen molar-refractivity contribution in [3.63, 3.8) is 0 Å². The maximum atomic E-state index is 12.1. The summed E-state index contributed by atoms with van der Waals surface area (Å²) in [5, 5.41) is 0. The summed E-state index contributed by atoms with van der Waals surface area (Å²) in [6.07, 6.45) is -3.54. The van der Waals surface area contributed by atoms with Crippen molar-refractivity contribution in [2.45, 2.75) is 19.5 Å². The number of hydrogen-bond donors (Lipinski definition) is 0. The first-order valence-corrected chi connectivity index (χ1v) is 5.87. The molecule has 102 valence electrons. The van der Waals surface area contributed by atoms with Crippen molar-refractivity contribution in [2.75, 3.05) is 26.7 Å². The fourth-order valence-electron chi connectivity index (χ4n) is 1.62. The summed E-state index contributed by atoms with van der Waals surface area (Å²) in [7, 11) is 1.47. The minimum absolute atomic E-state index is 0.382. The van der Waals surface area contributed by atoms with E-state index in [-0.39, 0.29) is 0 Å². The fourth-order valence-corrected chi connectivity index (χ4v) is 1.62. The predicted octanol–water partition coefficient (Wildman–Crippen LogP) is 3.12. The Bertz CT molecular complexity index is 348. The highest BCUT2D eigenvalue weighted by Crippen LogP contribution is 2.16. The minimum atomic E-state index is -4.13. The number of nitrogens with zero attached hydrogens (tertiary/aromatic N) is 1. The second kappa shape index (κ2) is 6.64. The smallest absolute Gasteiger partial charge is 0.401 e. The van der Waals surface area contributed by atoms with Crippen LogP contribution in [-0.2, 0) is 6.42 Å². The molecule has 0 N–H and O–H groups in total. The number of rotatable bonds is 6. The monoisotopic (exact) mass is 261 g/mol. The Morgan fingerprint density at radius 2 is 1.78 bits per heavy atom. The average Bonchev–Trinajstić information content (AvgIpc) is 2.26. The van der Waals surface area contributed by atoms with E-state index in [0.29, 0.717) is 19.6 Å². The molecule has 1 aromatic rings. The molecular weight excluding hydrogens is 243 g/mol. The van der Waals surface area contributed by atoms with E-state index in [9.17, 15) is 13.2 Å². The van der Waals surface area contributed by atoms with Gasteiger partial charge in [-0.25, -0.2) is 0 Å². The van der Waals surface area contributed by atoms with Crippen molar-refractivity contribution in [1.29, 1.82) is 0 Å². The van der Waals surface area contributed by atoms with E-state index < -0.39 is 12.7 Å². The van der Waals surface area contributed by atoms with Crippen LogP contribution in [0, 0.1) is 0 Å². The van der Waals surface area contributed by atoms with Gasteiger partial charge >= 0.3 is 6.18 Å². The first-order chi connectivity index (χ1) is 8.40. The standard InChI is InChI=1S/C13H18F3NO/c1-3-18-12-6-4-11(5-7-12)8-9-17(2)10-13(14,15)16/h4-7H,3,8-10H2,1-2H3. The summed E-state index contributed by atoms with van der Waals surface area (Å²) in [6, 6.07) is 7.43. The largest absolute Gasteiger partial charge is 0.494 e. The van der Waals surface area contributed by atoms with Gasteiger partial charge in [0.2, 0.25) is 0 Å². The number of benzene rings is 1. The molecule has 5 heteroatoms. The van der Waals surface area contributed by atoms with Gasteiger partial charge in [0.05, 0.1) is 13.2 Å². The third-order valence-electron chi connectivity index (χ3n) is 2.47. The molecule has 2 nitrogen and oxygen atoms in total. The summed E-state index contributed by atoms with van der Waals surface area (Å²) in [6.45, 7) is 2.02. The number of alkyl halides is 3. The fraction of sp³-hybridized carbons (Fsp3) is 0.538. The Morgan fingerprint density at radius 1 is 1.17 bits per heavy atom. The summed E-state index contributed by atoms with van der Waals surface area (Å²) >= 11 is 0. The van der Waals surface area contributed by atoms with E-state index in [1.54, 1.807) is 0 Å². The maximum absolute atomic E-state index is 12.1. The SMILES string of the molecule is CCOc1ccc(CCN(C)CC(F)(F)F)cc1. The molecule has 0 atom stereocenters. The van der Waals surface area contributed by atoms with Crippen LogP contribution in [0.3, 0.4) is 0 Å². The predicted molar refractivity (Wildman–Crippen MR) is 64.9 cm³/mol. The minimum Gasteiger partial charge on any atom is -0.494 e. The van der Waals surface area contributed by atoms with Crippen LogP contribution in [0.25, 0.3) is 0 Å². The van der Waals surface area contributed by atoms with Crippen molar-refractivity contribution in [2.24, 2.45) is 0 Å². The van der Waals surface area contributed by atoms with Crippen molar-refractivity contribution < 1.29 is 17.9 Å². The van der Waals surface area contributed by atoms with E-state index >= 15 is 0 Å². The Hall–Kier alpha value is -1.23. The van der Waals surface area contributed by atoms with Crippen molar-refractivity contribution >= 4 is 0 Å². The zero-order valence-electron chi connectivity index (χ0n) is 10.6.